The van der Waals surface area contributed by atoms with Gasteiger partial charge in [-0.15, -0.1) is 22.7 Å². The van der Waals surface area contributed by atoms with Crippen LogP contribution in [-0.2, 0) is 0 Å². The predicted molar refractivity (Wildman–Crippen MR) is 246 cm³/mol. The van der Waals surface area contributed by atoms with Gasteiger partial charge in [-0.2, -0.15) is 21.0 Å². The lowest BCUT2D eigenvalue weighted by atomic mass is 10.0. The SMILES string of the molecule is N#CC(C#N)=Cc1ccc(-c2ccc(N(c3ccccc3)c3ccc(-c4ccc(N(c5ccccc5)c5ccc(-c6ccc(C=C(C#N)C#N)s6)cc5)cc4)cc3)cc2)s1. The number of rotatable bonds is 11. The molecule has 6 aromatic carbocycles. The lowest BCUT2D eigenvalue weighted by molar-refractivity contribution is 1.28. The highest BCUT2D eigenvalue weighted by molar-refractivity contribution is 7.16. The van der Waals surface area contributed by atoms with Crippen molar-refractivity contribution in [2.24, 2.45) is 0 Å². The van der Waals surface area contributed by atoms with E-state index >= 15 is 0 Å². The van der Waals surface area contributed by atoms with Crippen LogP contribution >= 0.6 is 22.7 Å². The van der Waals surface area contributed by atoms with E-state index < -0.39 is 0 Å². The molecule has 282 valence electrons. The van der Waals surface area contributed by atoms with Crippen LogP contribution in [0.5, 0.6) is 0 Å². The van der Waals surface area contributed by atoms with E-state index in [1.165, 1.54) is 0 Å². The van der Waals surface area contributed by atoms with Crippen molar-refractivity contribution in [1.29, 1.82) is 21.0 Å². The van der Waals surface area contributed by atoms with E-state index in [1.54, 1.807) is 34.8 Å². The Morgan fingerprint density at radius 2 is 0.617 bits per heavy atom. The summed E-state index contributed by atoms with van der Waals surface area (Å²) in [6.45, 7) is 0. The first-order chi connectivity index (χ1) is 29.5. The molecular weight excluding hydrogens is 773 g/mol. The molecule has 8 heteroatoms. The first-order valence-electron chi connectivity index (χ1n) is 18.9. The second-order valence-corrected chi connectivity index (χ2v) is 15.7. The summed E-state index contributed by atoms with van der Waals surface area (Å²) in [4.78, 5) is 8.32. The Hall–Kier alpha value is -8.24. The van der Waals surface area contributed by atoms with Gasteiger partial charge in [-0.1, -0.05) is 84.9 Å². The zero-order valence-electron chi connectivity index (χ0n) is 32.0. The first kappa shape index (κ1) is 38.6. The second-order valence-electron chi connectivity index (χ2n) is 13.5. The summed E-state index contributed by atoms with van der Waals surface area (Å²) >= 11 is 3.09. The van der Waals surface area contributed by atoms with Crippen molar-refractivity contribution in [2.75, 3.05) is 9.80 Å². The summed E-state index contributed by atoms with van der Waals surface area (Å²) < 4.78 is 0. The minimum atomic E-state index is 0.0873. The average molecular weight is 805 g/mol. The minimum Gasteiger partial charge on any atom is -0.311 e. The molecule has 8 aromatic rings. The van der Waals surface area contributed by atoms with Gasteiger partial charge in [0.15, 0.2) is 0 Å². The molecule has 0 unspecified atom stereocenters. The van der Waals surface area contributed by atoms with Crippen molar-refractivity contribution in [1.82, 2.24) is 0 Å². The summed E-state index contributed by atoms with van der Waals surface area (Å²) in [5.41, 5.74) is 10.7. The molecule has 8 rings (SSSR count). The highest BCUT2D eigenvalue weighted by Crippen LogP contribution is 2.40. The smallest absolute Gasteiger partial charge is 0.131 e. The van der Waals surface area contributed by atoms with Crippen molar-refractivity contribution in [3.8, 4) is 56.3 Å². The van der Waals surface area contributed by atoms with Gasteiger partial charge in [0.05, 0.1) is 0 Å². The summed E-state index contributed by atoms with van der Waals surface area (Å²) in [6.07, 6.45) is 3.24. The Morgan fingerprint density at radius 1 is 0.333 bits per heavy atom. The fourth-order valence-electron chi connectivity index (χ4n) is 6.84. The Kier molecular flexibility index (Phi) is 11.5. The Morgan fingerprint density at radius 3 is 0.917 bits per heavy atom. The summed E-state index contributed by atoms with van der Waals surface area (Å²) in [5.74, 6) is 0. The quantitative estimate of drug-likeness (QED) is 0.121. The van der Waals surface area contributed by atoms with Crippen molar-refractivity contribution in [2.45, 2.75) is 0 Å². The van der Waals surface area contributed by atoms with Gasteiger partial charge in [0.1, 0.15) is 35.4 Å². The molecule has 0 aliphatic rings. The van der Waals surface area contributed by atoms with E-state index in [9.17, 15) is 0 Å². The van der Waals surface area contributed by atoms with Gasteiger partial charge in [-0.05, 0) is 131 Å². The van der Waals surface area contributed by atoms with E-state index in [1.807, 2.05) is 84.9 Å². The topological polar surface area (TPSA) is 102 Å². The number of para-hydroxylation sites is 2. The number of nitrogens with zero attached hydrogens (tertiary/aromatic N) is 6. The molecule has 0 atom stereocenters. The van der Waals surface area contributed by atoms with Crippen LogP contribution in [0.25, 0.3) is 44.2 Å². The van der Waals surface area contributed by atoms with Crippen LogP contribution in [0.3, 0.4) is 0 Å². The second kappa shape index (κ2) is 17.9. The largest absolute Gasteiger partial charge is 0.311 e. The molecule has 0 aliphatic heterocycles. The molecule has 60 heavy (non-hydrogen) atoms. The number of anilines is 6. The zero-order valence-corrected chi connectivity index (χ0v) is 33.6. The molecule has 6 nitrogen and oxygen atoms in total. The van der Waals surface area contributed by atoms with Crippen LogP contribution in [0.4, 0.5) is 34.1 Å². The third-order valence-corrected chi connectivity index (χ3v) is 11.9. The number of nitriles is 4. The summed E-state index contributed by atoms with van der Waals surface area (Å²) in [6, 6.07) is 70.4. The van der Waals surface area contributed by atoms with Crippen LogP contribution in [0.15, 0.2) is 193 Å². The van der Waals surface area contributed by atoms with Crippen LogP contribution in [0, 0.1) is 45.3 Å². The standard InChI is InChI=1S/C52H32N6S2/c53-33-37(34-54)31-49-27-29-51(59-49)41-15-23-47(24-16-41)57(43-7-3-1-4-8-43)45-19-11-39(12-20-45)40-13-21-46(22-14-40)58(44-9-5-2-6-10-44)48-25-17-42(18-26-48)52-30-28-50(60-52)32-38(35-55)36-56/h1-32H. The van der Waals surface area contributed by atoms with Gasteiger partial charge in [0, 0.05) is 53.6 Å². The number of benzene rings is 6. The fourth-order valence-corrected chi connectivity index (χ4v) is 8.75. The Bertz CT molecular complexity index is 2750. The summed E-state index contributed by atoms with van der Waals surface area (Å²) in [5, 5.41) is 36.6. The number of allylic oxidation sites excluding steroid dienone is 2. The molecule has 0 N–H and O–H groups in total. The molecule has 0 fully saturated rings. The molecular formula is C52H32N6S2. The highest BCUT2D eigenvalue weighted by Gasteiger charge is 2.16. The average Bonchev–Trinajstić information content (AvgIpc) is 3.99. The van der Waals surface area contributed by atoms with Crippen molar-refractivity contribution < 1.29 is 0 Å². The maximum absolute atomic E-state index is 9.16. The lowest BCUT2D eigenvalue weighted by Gasteiger charge is -2.26. The van der Waals surface area contributed by atoms with Gasteiger partial charge in [0.2, 0.25) is 0 Å². The normalized spacial score (nSPS) is 10.3. The monoisotopic (exact) mass is 804 g/mol. The number of thiophene rings is 2. The van der Waals surface area contributed by atoms with Crippen LogP contribution < -0.4 is 9.80 Å². The summed E-state index contributed by atoms with van der Waals surface area (Å²) in [7, 11) is 0. The molecule has 0 saturated carbocycles. The van der Waals surface area contributed by atoms with E-state index in [0.29, 0.717) is 0 Å². The molecule has 2 heterocycles. The predicted octanol–water partition coefficient (Wildman–Crippen LogP) is 14.6. The van der Waals surface area contributed by atoms with E-state index in [-0.39, 0.29) is 11.1 Å². The molecule has 0 saturated heterocycles. The van der Waals surface area contributed by atoms with E-state index in [2.05, 4.69) is 131 Å². The molecule has 0 radical (unpaired) electrons. The first-order valence-corrected chi connectivity index (χ1v) is 20.5. The Labute approximate surface area is 357 Å². The van der Waals surface area contributed by atoms with Crippen molar-refractivity contribution >= 4 is 68.9 Å². The van der Waals surface area contributed by atoms with Crippen molar-refractivity contribution in [3.05, 3.63) is 203 Å². The number of hydrogen-bond acceptors (Lipinski definition) is 8. The van der Waals surface area contributed by atoms with Gasteiger partial charge in [-0.3, -0.25) is 0 Å². The van der Waals surface area contributed by atoms with Gasteiger partial charge in [-0.25, -0.2) is 0 Å². The van der Waals surface area contributed by atoms with Gasteiger partial charge >= 0.3 is 0 Å². The zero-order chi connectivity index (χ0) is 41.3. The molecule has 0 amide bonds. The number of hydrogen-bond donors (Lipinski definition) is 0. The van der Waals surface area contributed by atoms with Crippen LogP contribution in [0.2, 0.25) is 0 Å². The van der Waals surface area contributed by atoms with Crippen molar-refractivity contribution in [3.63, 3.8) is 0 Å². The van der Waals surface area contributed by atoms with E-state index in [0.717, 1.165) is 75.9 Å². The molecule has 0 bridgehead atoms. The van der Waals surface area contributed by atoms with Crippen LogP contribution in [0.1, 0.15) is 9.75 Å². The minimum absolute atomic E-state index is 0.0873. The molecule has 0 aliphatic carbocycles. The lowest BCUT2D eigenvalue weighted by Crippen LogP contribution is -2.10. The van der Waals surface area contributed by atoms with E-state index in [4.69, 9.17) is 21.0 Å². The highest BCUT2D eigenvalue weighted by atomic mass is 32.1. The maximum atomic E-state index is 9.16. The third-order valence-electron chi connectivity index (χ3n) is 9.74. The van der Waals surface area contributed by atoms with Gasteiger partial charge in [0.25, 0.3) is 0 Å². The fraction of sp³-hybridized carbons (Fsp3) is 0. The van der Waals surface area contributed by atoms with Gasteiger partial charge < -0.3 is 9.80 Å². The van der Waals surface area contributed by atoms with Crippen LogP contribution in [-0.4, -0.2) is 0 Å². The Balaban J connectivity index is 1.04. The maximum Gasteiger partial charge on any atom is 0.131 e. The molecule has 2 aromatic heterocycles. The third kappa shape index (κ3) is 8.53. The molecule has 0 spiro atoms.